The van der Waals surface area contributed by atoms with Crippen LogP contribution in [0.1, 0.15) is 9.75 Å². The Bertz CT molecular complexity index is 719. The lowest BCUT2D eigenvalue weighted by Crippen LogP contribution is -2.13. The molecule has 0 saturated carbocycles. The number of anilines is 2. The number of thiophene rings is 1. The summed E-state index contributed by atoms with van der Waals surface area (Å²) in [7, 11) is 0.290. The largest absolute Gasteiger partial charge is 0.378 e. The van der Waals surface area contributed by atoms with Gasteiger partial charge in [-0.3, -0.25) is 4.72 Å². The van der Waals surface area contributed by atoms with Gasteiger partial charge in [0.1, 0.15) is 4.90 Å². The van der Waals surface area contributed by atoms with Gasteiger partial charge in [-0.15, -0.1) is 11.3 Å². The van der Waals surface area contributed by atoms with Gasteiger partial charge < -0.3 is 10.6 Å². The van der Waals surface area contributed by atoms with Crippen molar-refractivity contribution in [3.63, 3.8) is 0 Å². The van der Waals surface area contributed by atoms with Crippen LogP contribution < -0.4 is 15.4 Å². The number of hydrogen-bond donors (Lipinski definition) is 2. The Morgan fingerprint density at radius 1 is 1.24 bits per heavy atom. The molecule has 1 aromatic carbocycles. The average Bonchev–Trinajstić information content (AvgIpc) is 2.81. The molecular formula is C14H19N3O2S2. The summed E-state index contributed by atoms with van der Waals surface area (Å²) in [5.41, 5.74) is 7.11. The first kappa shape index (κ1) is 15.8. The molecule has 0 saturated heterocycles. The van der Waals surface area contributed by atoms with Gasteiger partial charge in [-0.25, -0.2) is 8.42 Å². The first-order chi connectivity index (χ1) is 9.83. The van der Waals surface area contributed by atoms with E-state index >= 15 is 0 Å². The lowest BCUT2D eigenvalue weighted by molar-refractivity contribution is 0.601. The lowest BCUT2D eigenvalue weighted by atomic mass is 10.3. The van der Waals surface area contributed by atoms with Gasteiger partial charge in [-0.05, 0) is 37.3 Å². The minimum absolute atomic E-state index is 0.296. The minimum Gasteiger partial charge on any atom is -0.378 e. The molecule has 2 rings (SSSR count). The third kappa shape index (κ3) is 3.55. The molecule has 0 aliphatic rings. The van der Waals surface area contributed by atoms with Gasteiger partial charge in [-0.1, -0.05) is 0 Å². The Labute approximate surface area is 129 Å². The number of aryl methyl sites for hydroxylation is 1. The van der Waals surface area contributed by atoms with Crippen molar-refractivity contribution in [3.05, 3.63) is 40.1 Å². The molecule has 114 valence electrons. The molecular weight excluding hydrogens is 306 g/mol. The number of hydrogen-bond acceptors (Lipinski definition) is 5. The van der Waals surface area contributed by atoms with Gasteiger partial charge in [0.05, 0.1) is 0 Å². The molecule has 1 aromatic heterocycles. The highest BCUT2D eigenvalue weighted by molar-refractivity contribution is 7.93. The highest BCUT2D eigenvalue weighted by Crippen LogP contribution is 2.27. The maximum absolute atomic E-state index is 12.4. The molecule has 0 radical (unpaired) electrons. The van der Waals surface area contributed by atoms with Gasteiger partial charge in [0.25, 0.3) is 10.0 Å². The van der Waals surface area contributed by atoms with E-state index in [0.29, 0.717) is 17.1 Å². The van der Waals surface area contributed by atoms with Gasteiger partial charge in [0.2, 0.25) is 0 Å². The SMILES string of the molecule is Cc1sc(CN)cc1S(=O)(=O)Nc1ccc(N(C)C)cc1. The molecule has 0 atom stereocenters. The van der Waals surface area contributed by atoms with Crippen LogP contribution in [0.2, 0.25) is 0 Å². The summed E-state index contributed by atoms with van der Waals surface area (Å²) in [6.45, 7) is 2.13. The zero-order chi connectivity index (χ0) is 15.6. The van der Waals surface area contributed by atoms with E-state index in [1.54, 1.807) is 25.1 Å². The summed E-state index contributed by atoms with van der Waals surface area (Å²) in [6, 6.07) is 8.86. The molecule has 7 heteroatoms. The fourth-order valence-corrected chi connectivity index (χ4v) is 4.50. The fraction of sp³-hybridized carbons (Fsp3) is 0.286. The molecule has 0 bridgehead atoms. The van der Waals surface area contributed by atoms with E-state index in [2.05, 4.69) is 4.72 Å². The van der Waals surface area contributed by atoms with Crippen LogP contribution in [0.5, 0.6) is 0 Å². The third-order valence-corrected chi connectivity index (χ3v) is 5.76. The van der Waals surface area contributed by atoms with Crippen LogP contribution in [-0.4, -0.2) is 22.5 Å². The summed E-state index contributed by atoms with van der Waals surface area (Å²) in [4.78, 5) is 3.85. The number of benzene rings is 1. The van der Waals surface area contributed by atoms with Crippen molar-refractivity contribution < 1.29 is 8.42 Å². The summed E-state index contributed by atoms with van der Waals surface area (Å²) < 4.78 is 27.4. The molecule has 0 spiro atoms. The Balaban J connectivity index is 2.26. The summed E-state index contributed by atoms with van der Waals surface area (Å²) in [5.74, 6) is 0. The summed E-state index contributed by atoms with van der Waals surface area (Å²) in [6.07, 6.45) is 0. The maximum atomic E-state index is 12.4. The molecule has 0 aliphatic heterocycles. The third-order valence-electron chi connectivity index (χ3n) is 3.05. The van der Waals surface area contributed by atoms with Crippen molar-refractivity contribution >= 4 is 32.7 Å². The number of sulfonamides is 1. The lowest BCUT2D eigenvalue weighted by Gasteiger charge is -2.13. The van der Waals surface area contributed by atoms with Crippen molar-refractivity contribution in [2.24, 2.45) is 5.73 Å². The van der Waals surface area contributed by atoms with Crippen LogP contribution in [0.15, 0.2) is 35.2 Å². The van der Waals surface area contributed by atoms with Gasteiger partial charge in [0, 0.05) is 41.8 Å². The Kier molecular flexibility index (Phi) is 4.55. The van der Waals surface area contributed by atoms with Crippen LogP contribution in [-0.2, 0) is 16.6 Å². The van der Waals surface area contributed by atoms with E-state index in [1.807, 2.05) is 31.1 Å². The zero-order valence-electron chi connectivity index (χ0n) is 12.3. The van der Waals surface area contributed by atoms with Crippen molar-refractivity contribution in [2.45, 2.75) is 18.4 Å². The van der Waals surface area contributed by atoms with Crippen LogP contribution in [0.3, 0.4) is 0 Å². The number of nitrogens with zero attached hydrogens (tertiary/aromatic N) is 1. The van der Waals surface area contributed by atoms with E-state index < -0.39 is 10.0 Å². The highest BCUT2D eigenvalue weighted by atomic mass is 32.2. The highest BCUT2D eigenvalue weighted by Gasteiger charge is 2.19. The second-order valence-electron chi connectivity index (χ2n) is 4.88. The zero-order valence-corrected chi connectivity index (χ0v) is 13.9. The Morgan fingerprint density at radius 3 is 2.33 bits per heavy atom. The second-order valence-corrected chi connectivity index (χ2v) is 7.88. The van der Waals surface area contributed by atoms with E-state index in [4.69, 9.17) is 5.73 Å². The monoisotopic (exact) mass is 325 g/mol. The van der Waals surface area contributed by atoms with Crippen molar-refractivity contribution in [2.75, 3.05) is 23.7 Å². The smallest absolute Gasteiger partial charge is 0.263 e. The topological polar surface area (TPSA) is 75.4 Å². The van der Waals surface area contributed by atoms with Crippen LogP contribution in [0, 0.1) is 6.92 Å². The minimum atomic E-state index is -3.58. The van der Waals surface area contributed by atoms with Crippen molar-refractivity contribution in [3.8, 4) is 0 Å². The van der Waals surface area contributed by atoms with Gasteiger partial charge in [-0.2, -0.15) is 0 Å². The summed E-state index contributed by atoms with van der Waals surface area (Å²) >= 11 is 1.41. The molecule has 0 amide bonds. The van der Waals surface area contributed by atoms with Crippen LogP contribution in [0.4, 0.5) is 11.4 Å². The predicted molar refractivity (Wildman–Crippen MR) is 88.5 cm³/mol. The van der Waals surface area contributed by atoms with E-state index in [1.165, 1.54) is 11.3 Å². The van der Waals surface area contributed by atoms with Gasteiger partial charge in [0.15, 0.2) is 0 Å². The number of nitrogens with two attached hydrogens (primary N) is 1. The average molecular weight is 325 g/mol. The number of rotatable bonds is 5. The molecule has 5 nitrogen and oxygen atoms in total. The molecule has 21 heavy (non-hydrogen) atoms. The van der Waals surface area contributed by atoms with E-state index in [9.17, 15) is 8.42 Å². The normalized spacial score (nSPS) is 11.4. The quantitative estimate of drug-likeness (QED) is 0.885. The van der Waals surface area contributed by atoms with Crippen LogP contribution >= 0.6 is 11.3 Å². The summed E-state index contributed by atoms with van der Waals surface area (Å²) in [5, 5.41) is 0. The van der Waals surface area contributed by atoms with Crippen molar-refractivity contribution in [1.82, 2.24) is 0 Å². The van der Waals surface area contributed by atoms with E-state index in [0.717, 1.165) is 15.4 Å². The van der Waals surface area contributed by atoms with Crippen molar-refractivity contribution in [1.29, 1.82) is 0 Å². The molecule has 2 aromatic rings. The fourth-order valence-electron chi connectivity index (χ4n) is 1.93. The molecule has 3 N–H and O–H groups in total. The first-order valence-corrected chi connectivity index (χ1v) is 8.73. The molecule has 0 aliphatic carbocycles. The maximum Gasteiger partial charge on any atom is 0.263 e. The molecule has 1 heterocycles. The van der Waals surface area contributed by atoms with Gasteiger partial charge >= 0.3 is 0 Å². The Hall–Kier alpha value is -1.57. The predicted octanol–water partition coefficient (Wildman–Crippen LogP) is 2.38. The van der Waals surface area contributed by atoms with Crippen LogP contribution in [0.25, 0.3) is 0 Å². The molecule has 0 unspecified atom stereocenters. The molecule has 0 fully saturated rings. The van der Waals surface area contributed by atoms with E-state index in [-0.39, 0.29) is 0 Å². The number of nitrogens with one attached hydrogen (secondary N) is 1. The second kappa shape index (κ2) is 6.05. The first-order valence-electron chi connectivity index (χ1n) is 6.43. The Morgan fingerprint density at radius 2 is 1.86 bits per heavy atom. The standard InChI is InChI=1S/C14H19N3O2S2/c1-10-14(8-13(9-15)20-10)21(18,19)16-11-4-6-12(7-5-11)17(2)3/h4-8,16H,9,15H2,1-3H3.